The van der Waals surface area contributed by atoms with Gasteiger partial charge in [-0.1, -0.05) is 37.3 Å². The number of hydrogen-bond acceptors (Lipinski definition) is 4. The summed E-state index contributed by atoms with van der Waals surface area (Å²) in [5.41, 5.74) is -0.0569. The van der Waals surface area contributed by atoms with E-state index >= 15 is 0 Å². The van der Waals surface area contributed by atoms with Gasteiger partial charge in [0.1, 0.15) is 0 Å². The van der Waals surface area contributed by atoms with Gasteiger partial charge in [-0.05, 0) is 5.56 Å². The van der Waals surface area contributed by atoms with E-state index in [2.05, 4.69) is 0 Å². The average Bonchev–Trinajstić information content (AvgIpc) is 3.10. The lowest BCUT2D eigenvalue weighted by atomic mass is 10.0. The zero-order chi connectivity index (χ0) is 13.4. The fourth-order valence-corrected chi connectivity index (χ4v) is 4.93. The molecule has 4 nitrogen and oxygen atoms in total. The molecule has 0 unspecified atom stereocenters. The summed E-state index contributed by atoms with van der Waals surface area (Å²) in [6.07, 6.45) is 0. The highest BCUT2D eigenvalue weighted by Gasteiger charge is 2.69. The molecule has 1 fully saturated rings. The second kappa shape index (κ2) is 4.64. The normalized spacial score (nSPS) is 25.9. The van der Waals surface area contributed by atoms with Crippen molar-refractivity contribution < 1.29 is 18.6 Å². The lowest BCUT2D eigenvalue weighted by Crippen LogP contribution is -2.23. The third-order valence-corrected chi connectivity index (χ3v) is 6.24. The summed E-state index contributed by atoms with van der Waals surface area (Å²) in [6, 6.07) is 9.21. The summed E-state index contributed by atoms with van der Waals surface area (Å²) in [7, 11) is -3.27. The Hall–Kier alpha value is -0.910. The van der Waals surface area contributed by atoms with Gasteiger partial charge in [0.15, 0.2) is 9.84 Å². The molecule has 0 amide bonds. The van der Waals surface area contributed by atoms with Crippen molar-refractivity contribution in [3.05, 3.63) is 35.9 Å². The van der Waals surface area contributed by atoms with Crippen LogP contribution in [0.4, 0.5) is 0 Å². The lowest BCUT2D eigenvalue weighted by molar-refractivity contribution is 0.130. The Bertz CT molecular complexity index is 505. The van der Waals surface area contributed by atoms with E-state index in [0.717, 1.165) is 5.56 Å². The van der Waals surface area contributed by atoms with E-state index in [4.69, 9.17) is 0 Å². The summed E-state index contributed by atoms with van der Waals surface area (Å²) in [6.45, 7) is 0.967. The number of aliphatic hydroxyl groups excluding tert-OH is 2. The standard InChI is InChI=1S/C13H18O4S/c1-2-18(16,17)12-11(13(12,8-14)9-15)10-6-4-3-5-7-10/h3-7,11-12,14-15H,2,8-9H2,1H3/t11-,12+/m1/s1. The van der Waals surface area contributed by atoms with Crippen molar-refractivity contribution in [3.63, 3.8) is 0 Å². The number of benzene rings is 1. The zero-order valence-corrected chi connectivity index (χ0v) is 11.1. The predicted molar refractivity (Wildman–Crippen MR) is 69.0 cm³/mol. The monoisotopic (exact) mass is 270 g/mol. The minimum absolute atomic E-state index is 0.0305. The topological polar surface area (TPSA) is 74.6 Å². The SMILES string of the molecule is CCS(=O)(=O)[C@H]1[C@@H](c2ccccc2)C1(CO)CO. The number of sulfone groups is 1. The Morgan fingerprint density at radius 1 is 1.17 bits per heavy atom. The van der Waals surface area contributed by atoms with Gasteiger partial charge in [-0.25, -0.2) is 8.42 Å². The number of rotatable bonds is 5. The molecule has 1 aliphatic rings. The fraction of sp³-hybridized carbons (Fsp3) is 0.538. The summed E-state index contributed by atoms with van der Waals surface area (Å²) in [5.74, 6) is -0.276. The first-order valence-corrected chi connectivity index (χ1v) is 7.73. The highest BCUT2D eigenvalue weighted by Crippen LogP contribution is 2.62. The quantitative estimate of drug-likeness (QED) is 0.820. The molecule has 0 heterocycles. The third kappa shape index (κ3) is 1.86. The fourth-order valence-electron chi connectivity index (χ4n) is 2.79. The first kappa shape index (κ1) is 13.5. The third-order valence-electron chi connectivity index (χ3n) is 3.92. The minimum Gasteiger partial charge on any atom is -0.396 e. The Morgan fingerprint density at radius 3 is 2.17 bits per heavy atom. The van der Waals surface area contributed by atoms with E-state index < -0.39 is 20.5 Å². The molecule has 1 aromatic rings. The van der Waals surface area contributed by atoms with Crippen molar-refractivity contribution >= 4 is 9.84 Å². The second-order valence-corrected chi connectivity index (χ2v) is 7.22. The number of hydrogen-bond donors (Lipinski definition) is 2. The maximum atomic E-state index is 12.1. The Kier molecular flexibility index (Phi) is 3.49. The molecular formula is C13H18O4S. The Morgan fingerprint density at radius 2 is 1.72 bits per heavy atom. The molecule has 1 aromatic carbocycles. The van der Waals surface area contributed by atoms with Gasteiger partial charge in [0, 0.05) is 17.1 Å². The van der Waals surface area contributed by atoms with Crippen LogP contribution in [0.2, 0.25) is 0 Å². The van der Waals surface area contributed by atoms with Gasteiger partial charge in [0.05, 0.1) is 18.5 Å². The predicted octanol–water partition coefficient (Wildman–Crippen LogP) is 0.558. The Balaban J connectivity index is 2.42. The summed E-state index contributed by atoms with van der Waals surface area (Å²) < 4.78 is 24.1. The molecule has 2 atom stereocenters. The Labute approximate surface area is 107 Å². The highest BCUT2D eigenvalue weighted by atomic mass is 32.2. The molecular weight excluding hydrogens is 252 g/mol. The van der Waals surface area contributed by atoms with Crippen LogP contribution in [0.1, 0.15) is 18.4 Å². The molecule has 18 heavy (non-hydrogen) atoms. The second-order valence-electron chi connectivity index (χ2n) is 4.81. The molecule has 100 valence electrons. The van der Waals surface area contributed by atoms with Gasteiger partial charge in [-0.2, -0.15) is 0 Å². The van der Waals surface area contributed by atoms with Gasteiger partial charge in [-0.3, -0.25) is 0 Å². The van der Waals surface area contributed by atoms with Crippen LogP contribution in [-0.4, -0.2) is 42.8 Å². The van der Waals surface area contributed by atoms with Crippen LogP contribution < -0.4 is 0 Å². The lowest BCUT2D eigenvalue weighted by Gasteiger charge is -2.10. The van der Waals surface area contributed by atoms with E-state index in [-0.39, 0.29) is 24.9 Å². The molecule has 1 aliphatic carbocycles. The van der Waals surface area contributed by atoms with Gasteiger partial charge >= 0.3 is 0 Å². The molecule has 1 saturated carbocycles. The van der Waals surface area contributed by atoms with Crippen molar-refractivity contribution in [1.82, 2.24) is 0 Å². The average molecular weight is 270 g/mol. The first-order chi connectivity index (χ1) is 8.53. The highest BCUT2D eigenvalue weighted by molar-refractivity contribution is 7.92. The minimum atomic E-state index is -3.27. The summed E-state index contributed by atoms with van der Waals surface area (Å²) in [4.78, 5) is 0. The van der Waals surface area contributed by atoms with E-state index in [9.17, 15) is 18.6 Å². The van der Waals surface area contributed by atoms with Crippen LogP contribution >= 0.6 is 0 Å². The molecule has 0 saturated heterocycles. The molecule has 0 radical (unpaired) electrons. The van der Waals surface area contributed by atoms with Gasteiger partial charge < -0.3 is 10.2 Å². The molecule has 2 N–H and O–H groups in total. The van der Waals surface area contributed by atoms with Crippen LogP contribution in [0.5, 0.6) is 0 Å². The van der Waals surface area contributed by atoms with Crippen molar-refractivity contribution in [3.8, 4) is 0 Å². The molecule has 2 rings (SSSR count). The largest absolute Gasteiger partial charge is 0.396 e. The van der Waals surface area contributed by atoms with Crippen molar-refractivity contribution in [2.24, 2.45) is 5.41 Å². The molecule has 0 aliphatic heterocycles. The van der Waals surface area contributed by atoms with Gasteiger partial charge in [0.25, 0.3) is 0 Å². The van der Waals surface area contributed by atoms with Gasteiger partial charge in [0.2, 0.25) is 0 Å². The van der Waals surface area contributed by atoms with Crippen molar-refractivity contribution in [2.45, 2.75) is 18.1 Å². The van der Waals surface area contributed by atoms with Crippen LogP contribution in [-0.2, 0) is 9.84 Å². The van der Waals surface area contributed by atoms with Gasteiger partial charge in [-0.15, -0.1) is 0 Å². The number of aliphatic hydroxyl groups is 2. The summed E-state index contributed by atoms with van der Waals surface area (Å²) >= 11 is 0. The van der Waals surface area contributed by atoms with E-state index in [0.29, 0.717) is 0 Å². The maximum absolute atomic E-state index is 12.1. The van der Waals surface area contributed by atoms with Crippen LogP contribution in [0.3, 0.4) is 0 Å². The maximum Gasteiger partial charge on any atom is 0.154 e. The summed E-state index contributed by atoms with van der Waals surface area (Å²) in [5, 5.41) is 18.3. The smallest absolute Gasteiger partial charge is 0.154 e. The van der Waals surface area contributed by atoms with E-state index in [1.807, 2.05) is 30.3 Å². The molecule has 0 spiro atoms. The van der Waals surface area contributed by atoms with E-state index in [1.165, 1.54) is 0 Å². The molecule has 0 bridgehead atoms. The van der Waals surface area contributed by atoms with Crippen LogP contribution in [0.25, 0.3) is 0 Å². The van der Waals surface area contributed by atoms with Crippen LogP contribution in [0.15, 0.2) is 30.3 Å². The van der Waals surface area contributed by atoms with Crippen molar-refractivity contribution in [1.29, 1.82) is 0 Å². The van der Waals surface area contributed by atoms with Crippen LogP contribution in [0, 0.1) is 5.41 Å². The first-order valence-electron chi connectivity index (χ1n) is 6.01. The molecule has 5 heteroatoms. The zero-order valence-electron chi connectivity index (χ0n) is 10.3. The van der Waals surface area contributed by atoms with E-state index in [1.54, 1.807) is 6.92 Å². The molecule has 0 aromatic heterocycles. The van der Waals surface area contributed by atoms with Crippen molar-refractivity contribution in [2.75, 3.05) is 19.0 Å².